The van der Waals surface area contributed by atoms with Gasteiger partial charge in [-0.1, -0.05) is 24.8 Å². The van der Waals surface area contributed by atoms with Gasteiger partial charge < -0.3 is 5.11 Å². The summed E-state index contributed by atoms with van der Waals surface area (Å²) in [4.78, 5) is 0. The first-order valence-electron chi connectivity index (χ1n) is 6.53. The van der Waals surface area contributed by atoms with E-state index < -0.39 is 53.7 Å². The first-order chi connectivity index (χ1) is 10.1. The molecule has 1 nitrogen and oxygen atoms in total. The fraction of sp³-hybridized carbons (Fsp3) is 0.769. The molecule has 1 saturated carbocycles. The fourth-order valence-corrected chi connectivity index (χ4v) is 3.35. The van der Waals surface area contributed by atoms with Crippen LogP contribution in [0.3, 0.4) is 0 Å². The van der Waals surface area contributed by atoms with Gasteiger partial charge in [-0.25, -0.2) is 0 Å². The van der Waals surface area contributed by atoms with E-state index in [0.29, 0.717) is 6.92 Å². The summed E-state index contributed by atoms with van der Waals surface area (Å²) in [5.74, 6) is -3.37. The first kappa shape index (κ1) is 22.2. The van der Waals surface area contributed by atoms with Crippen LogP contribution in [0.2, 0.25) is 0 Å². The zero-order chi connectivity index (χ0) is 18.1. The SMILES string of the molecule is CC1(C(F)(F)F)[C-](CC(O)(C(F)(F)F)C(F)(F)F)C2C=CC1C2.[Y]. The fourth-order valence-electron chi connectivity index (χ4n) is 3.35. The zero-order valence-electron chi connectivity index (χ0n) is 12.1. The van der Waals surface area contributed by atoms with Crippen molar-refractivity contribution in [3.63, 3.8) is 0 Å². The maximum atomic E-state index is 13.3. The second-order valence-corrected chi connectivity index (χ2v) is 6.09. The standard InChI is InChI=1S/C13H12F9O.Y/c1-9(11(14,15)16)7-3-2-6(4-7)8(9)5-10(23,12(17,18)19)13(20,21)22;/h2-3,6-7,23H,4-5H2,1H3;/q-1;. The number of halogens is 9. The van der Waals surface area contributed by atoms with Gasteiger partial charge in [-0.05, 0) is 5.92 Å². The van der Waals surface area contributed by atoms with Crippen LogP contribution >= 0.6 is 0 Å². The predicted molar refractivity (Wildman–Crippen MR) is 59.8 cm³/mol. The van der Waals surface area contributed by atoms with Crippen LogP contribution in [0.25, 0.3) is 0 Å². The first-order valence-corrected chi connectivity index (χ1v) is 6.53. The molecule has 11 heteroatoms. The monoisotopic (exact) mass is 444 g/mol. The van der Waals surface area contributed by atoms with E-state index in [4.69, 9.17) is 0 Å². The Morgan fingerprint density at radius 2 is 1.46 bits per heavy atom. The largest absolute Gasteiger partial charge is 0.423 e. The second-order valence-electron chi connectivity index (χ2n) is 6.09. The van der Waals surface area contributed by atoms with E-state index in [9.17, 15) is 44.6 Å². The van der Waals surface area contributed by atoms with Crippen molar-refractivity contribution in [2.24, 2.45) is 17.3 Å². The molecule has 0 amide bonds. The van der Waals surface area contributed by atoms with E-state index in [1.165, 1.54) is 6.08 Å². The Morgan fingerprint density at radius 1 is 1.00 bits per heavy atom. The summed E-state index contributed by atoms with van der Waals surface area (Å²) in [6.45, 7) is 0.587. The van der Waals surface area contributed by atoms with E-state index in [-0.39, 0.29) is 39.1 Å². The maximum Gasteiger partial charge on any atom is 0.423 e. The van der Waals surface area contributed by atoms with Crippen molar-refractivity contribution in [3.05, 3.63) is 18.1 Å². The Labute approximate surface area is 156 Å². The minimum absolute atomic E-state index is 0. The number of hydrogen-bond donors (Lipinski definition) is 1. The van der Waals surface area contributed by atoms with Crippen molar-refractivity contribution in [3.8, 4) is 0 Å². The van der Waals surface area contributed by atoms with Crippen LogP contribution in [0.15, 0.2) is 12.2 Å². The van der Waals surface area contributed by atoms with Gasteiger partial charge in [-0.15, -0.1) is 18.4 Å². The molecule has 0 aromatic rings. The molecule has 0 aromatic carbocycles. The molecule has 0 aliphatic heterocycles. The number of fused-ring (bicyclic) bond motifs is 2. The van der Waals surface area contributed by atoms with Gasteiger partial charge in [0.15, 0.2) is 0 Å². The van der Waals surface area contributed by atoms with Gasteiger partial charge in [0.2, 0.25) is 5.60 Å². The molecule has 137 valence electrons. The van der Waals surface area contributed by atoms with Crippen LogP contribution in [0, 0.1) is 23.2 Å². The zero-order valence-corrected chi connectivity index (χ0v) is 15.0. The van der Waals surface area contributed by atoms with Crippen LogP contribution in [-0.4, -0.2) is 29.2 Å². The molecule has 0 saturated heterocycles. The molecular formula is C13H12F9OY-. The molecule has 0 heterocycles. The number of hydrogen-bond acceptors (Lipinski definition) is 1. The van der Waals surface area contributed by atoms with Crippen molar-refractivity contribution in [2.75, 3.05) is 0 Å². The molecule has 1 radical (unpaired) electrons. The molecule has 1 fully saturated rings. The summed E-state index contributed by atoms with van der Waals surface area (Å²) in [6, 6.07) is 0. The summed E-state index contributed by atoms with van der Waals surface area (Å²) in [5.41, 5.74) is -8.03. The molecule has 2 aliphatic rings. The summed E-state index contributed by atoms with van der Waals surface area (Å²) in [6.07, 6.45) is -17.3. The third-order valence-electron chi connectivity index (χ3n) is 4.91. The van der Waals surface area contributed by atoms with E-state index in [1.807, 2.05) is 0 Å². The molecule has 1 N–H and O–H groups in total. The van der Waals surface area contributed by atoms with E-state index in [0.717, 1.165) is 6.08 Å². The minimum atomic E-state index is -6.14. The molecule has 24 heavy (non-hydrogen) atoms. The van der Waals surface area contributed by atoms with Crippen molar-refractivity contribution < 1.29 is 77.3 Å². The molecule has 3 atom stereocenters. The molecule has 2 bridgehead atoms. The Balaban J connectivity index is 0.00000288. The molecule has 3 unspecified atom stereocenters. The van der Waals surface area contributed by atoms with Gasteiger partial charge in [0, 0.05) is 32.7 Å². The number of rotatable bonds is 2. The molecule has 2 rings (SSSR count). The van der Waals surface area contributed by atoms with Gasteiger partial charge in [-0.2, -0.15) is 39.5 Å². The van der Waals surface area contributed by atoms with Crippen LogP contribution in [0.4, 0.5) is 39.5 Å². The van der Waals surface area contributed by atoms with E-state index in [2.05, 4.69) is 0 Å². The minimum Gasteiger partial charge on any atom is -0.376 e. The Kier molecular flexibility index (Phi) is 5.66. The summed E-state index contributed by atoms with van der Waals surface area (Å²) < 4.78 is 117. The maximum absolute atomic E-state index is 13.3. The third kappa shape index (κ3) is 3.04. The molecule has 0 spiro atoms. The van der Waals surface area contributed by atoms with Crippen molar-refractivity contribution >= 4 is 0 Å². The normalized spacial score (nSPS) is 31.5. The van der Waals surface area contributed by atoms with E-state index >= 15 is 0 Å². The van der Waals surface area contributed by atoms with Crippen LogP contribution in [0.5, 0.6) is 0 Å². The van der Waals surface area contributed by atoms with Crippen molar-refractivity contribution in [1.29, 1.82) is 0 Å². The van der Waals surface area contributed by atoms with Gasteiger partial charge in [-0.3, -0.25) is 5.92 Å². The second kappa shape index (κ2) is 6.11. The van der Waals surface area contributed by atoms with E-state index in [1.54, 1.807) is 0 Å². The number of aliphatic hydroxyl groups is 1. The summed E-state index contributed by atoms with van der Waals surface area (Å²) in [5, 5.41) is 9.21. The third-order valence-corrected chi connectivity index (χ3v) is 4.91. The average Bonchev–Trinajstić information content (AvgIpc) is 2.87. The van der Waals surface area contributed by atoms with Crippen molar-refractivity contribution in [1.82, 2.24) is 0 Å². The van der Waals surface area contributed by atoms with Gasteiger partial charge in [0.1, 0.15) is 0 Å². The average molecular weight is 444 g/mol. The Bertz CT molecular complexity index is 493. The summed E-state index contributed by atoms with van der Waals surface area (Å²) >= 11 is 0. The molecular weight excluding hydrogens is 432 g/mol. The topological polar surface area (TPSA) is 20.2 Å². The number of alkyl halides is 9. The number of allylic oxidation sites excluding steroid dienone is 2. The van der Waals surface area contributed by atoms with Crippen LogP contribution in [0.1, 0.15) is 19.8 Å². The van der Waals surface area contributed by atoms with Crippen LogP contribution in [-0.2, 0) is 32.7 Å². The summed E-state index contributed by atoms with van der Waals surface area (Å²) in [7, 11) is 0. The van der Waals surface area contributed by atoms with Crippen LogP contribution < -0.4 is 0 Å². The van der Waals surface area contributed by atoms with Gasteiger partial charge in [0.25, 0.3) is 0 Å². The Morgan fingerprint density at radius 3 is 1.83 bits per heavy atom. The van der Waals surface area contributed by atoms with Gasteiger partial charge >= 0.3 is 18.5 Å². The molecule has 2 aliphatic carbocycles. The Hall–Kier alpha value is 0.174. The van der Waals surface area contributed by atoms with Gasteiger partial charge in [0.05, 0.1) is 0 Å². The molecule has 0 aromatic heterocycles. The van der Waals surface area contributed by atoms with Crippen molar-refractivity contribution in [2.45, 2.75) is 43.9 Å². The quantitative estimate of drug-likeness (QED) is 0.376. The smallest absolute Gasteiger partial charge is 0.376 e. The predicted octanol–water partition coefficient (Wildman–Crippen LogP) is 4.58.